The van der Waals surface area contributed by atoms with Crippen LogP contribution in [0.3, 0.4) is 0 Å². The molecule has 0 bridgehead atoms. The van der Waals surface area contributed by atoms with E-state index in [0.29, 0.717) is 5.92 Å². The van der Waals surface area contributed by atoms with E-state index in [1.807, 2.05) is 0 Å². The summed E-state index contributed by atoms with van der Waals surface area (Å²) >= 11 is 0. The van der Waals surface area contributed by atoms with E-state index in [-0.39, 0.29) is 0 Å². The predicted molar refractivity (Wildman–Crippen MR) is 38.9 cm³/mol. The highest BCUT2D eigenvalue weighted by atomic mass is 15.1. The Morgan fingerprint density at radius 1 is 1.78 bits per heavy atom. The topological polar surface area (TPSA) is 29.3 Å². The third kappa shape index (κ3) is 1.45. The Bertz CT molecular complexity index is 120. The maximum absolute atomic E-state index is 5.54. The van der Waals surface area contributed by atoms with Gasteiger partial charge in [-0.05, 0) is 20.0 Å². The first-order chi connectivity index (χ1) is 4.20. The molecule has 0 aromatic rings. The molecule has 1 aliphatic rings. The van der Waals surface area contributed by atoms with Gasteiger partial charge in [-0.2, -0.15) is 0 Å². The summed E-state index contributed by atoms with van der Waals surface area (Å²) in [4.78, 5) is 2.28. The van der Waals surface area contributed by atoms with Crippen LogP contribution in [0.25, 0.3) is 0 Å². The van der Waals surface area contributed by atoms with E-state index in [1.54, 1.807) is 0 Å². The second kappa shape index (κ2) is 2.40. The fourth-order valence-electron chi connectivity index (χ4n) is 1.24. The average molecular weight is 126 g/mol. The Morgan fingerprint density at radius 3 is 2.67 bits per heavy atom. The summed E-state index contributed by atoms with van der Waals surface area (Å²) in [6.45, 7) is 5.98. The first-order valence-electron chi connectivity index (χ1n) is 3.33. The van der Waals surface area contributed by atoms with E-state index in [0.717, 1.165) is 12.2 Å². The minimum atomic E-state index is 0.551. The van der Waals surface area contributed by atoms with E-state index in [1.165, 1.54) is 13.0 Å². The molecule has 9 heavy (non-hydrogen) atoms. The lowest BCUT2D eigenvalue weighted by Gasteiger charge is -2.08. The molecular weight excluding hydrogens is 112 g/mol. The number of nitrogens with zero attached hydrogens (tertiary/aromatic N) is 1. The van der Waals surface area contributed by atoms with E-state index >= 15 is 0 Å². The fourth-order valence-corrected chi connectivity index (χ4v) is 1.24. The molecular formula is C7H14N2. The Hall–Kier alpha value is -0.500. The average Bonchev–Trinajstić information content (AvgIpc) is 2.14. The first-order valence-corrected chi connectivity index (χ1v) is 3.33. The van der Waals surface area contributed by atoms with E-state index in [2.05, 4.69) is 18.5 Å². The van der Waals surface area contributed by atoms with Gasteiger partial charge in [-0.15, -0.1) is 0 Å². The van der Waals surface area contributed by atoms with E-state index < -0.39 is 0 Å². The van der Waals surface area contributed by atoms with Gasteiger partial charge in [0, 0.05) is 18.2 Å². The summed E-state index contributed by atoms with van der Waals surface area (Å²) in [6, 6.07) is 0. The summed E-state index contributed by atoms with van der Waals surface area (Å²) in [6.07, 6.45) is 1.19. The van der Waals surface area contributed by atoms with Crippen LogP contribution in [0.5, 0.6) is 0 Å². The molecule has 0 aliphatic carbocycles. The van der Waals surface area contributed by atoms with Crippen LogP contribution in [0, 0.1) is 5.92 Å². The van der Waals surface area contributed by atoms with Gasteiger partial charge in [0.05, 0.1) is 0 Å². The summed E-state index contributed by atoms with van der Waals surface area (Å²) in [5, 5.41) is 0. The fraction of sp³-hybridized carbons (Fsp3) is 0.714. The van der Waals surface area contributed by atoms with Crippen LogP contribution in [0.15, 0.2) is 12.3 Å². The molecule has 0 spiro atoms. The molecule has 2 heteroatoms. The zero-order chi connectivity index (χ0) is 6.85. The van der Waals surface area contributed by atoms with Gasteiger partial charge in [-0.1, -0.05) is 6.58 Å². The summed E-state index contributed by atoms with van der Waals surface area (Å²) in [7, 11) is 2.11. The highest BCUT2D eigenvalue weighted by Crippen LogP contribution is 2.17. The SMILES string of the molecule is C=C(N)C1CCN(C)C1. The molecule has 0 amide bonds. The lowest BCUT2D eigenvalue weighted by Crippen LogP contribution is -2.17. The smallest absolute Gasteiger partial charge is 0.0118 e. The Kier molecular flexibility index (Phi) is 1.76. The maximum Gasteiger partial charge on any atom is 0.0118 e. The number of likely N-dealkylation sites (tertiary alicyclic amines) is 1. The molecule has 0 aromatic carbocycles. The third-order valence-corrected chi connectivity index (χ3v) is 1.92. The van der Waals surface area contributed by atoms with Crippen LogP contribution in [0.4, 0.5) is 0 Å². The highest BCUT2D eigenvalue weighted by molar-refractivity contribution is 4.98. The standard InChI is InChI=1S/C7H14N2/c1-6(8)7-3-4-9(2)5-7/h7H,1,3-5,8H2,2H3. The number of rotatable bonds is 1. The number of hydrogen-bond donors (Lipinski definition) is 1. The van der Waals surface area contributed by atoms with Crippen molar-refractivity contribution >= 4 is 0 Å². The second-order valence-electron chi connectivity index (χ2n) is 2.82. The van der Waals surface area contributed by atoms with Crippen molar-refractivity contribution in [2.75, 3.05) is 20.1 Å². The second-order valence-corrected chi connectivity index (χ2v) is 2.82. The van der Waals surface area contributed by atoms with Gasteiger partial charge in [0.15, 0.2) is 0 Å². The lowest BCUT2D eigenvalue weighted by molar-refractivity contribution is 0.405. The molecule has 2 N–H and O–H groups in total. The molecule has 1 unspecified atom stereocenters. The lowest BCUT2D eigenvalue weighted by atomic mass is 10.1. The monoisotopic (exact) mass is 126 g/mol. The van der Waals surface area contributed by atoms with Crippen molar-refractivity contribution in [1.29, 1.82) is 0 Å². The Balaban J connectivity index is 2.39. The van der Waals surface area contributed by atoms with Gasteiger partial charge in [-0.25, -0.2) is 0 Å². The third-order valence-electron chi connectivity index (χ3n) is 1.92. The Morgan fingerprint density at radius 2 is 2.44 bits per heavy atom. The van der Waals surface area contributed by atoms with Gasteiger partial charge >= 0.3 is 0 Å². The Labute approximate surface area is 56.3 Å². The van der Waals surface area contributed by atoms with Gasteiger partial charge in [-0.3, -0.25) is 0 Å². The van der Waals surface area contributed by atoms with E-state index in [4.69, 9.17) is 5.73 Å². The maximum atomic E-state index is 5.54. The van der Waals surface area contributed by atoms with E-state index in [9.17, 15) is 0 Å². The van der Waals surface area contributed by atoms with Crippen LogP contribution in [-0.2, 0) is 0 Å². The van der Waals surface area contributed by atoms with Crippen molar-refractivity contribution in [3.63, 3.8) is 0 Å². The zero-order valence-corrected chi connectivity index (χ0v) is 5.93. The van der Waals surface area contributed by atoms with Crippen LogP contribution < -0.4 is 5.73 Å². The molecule has 1 fully saturated rings. The van der Waals surface area contributed by atoms with Crippen LogP contribution in [-0.4, -0.2) is 25.0 Å². The van der Waals surface area contributed by atoms with Crippen molar-refractivity contribution in [2.24, 2.45) is 11.7 Å². The van der Waals surface area contributed by atoms with Crippen LogP contribution >= 0.6 is 0 Å². The van der Waals surface area contributed by atoms with Gasteiger partial charge < -0.3 is 10.6 Å². The van der Waals surface area contributed by atoms with Crippen molar-refractivity contribution in [2.45, 2.75) is 6.42 Å². The van der Waals surface area contributed by atoms with Gasteiger partial charge in [0.25, 0.3) is 0 Å². The molecule has 2 nitrogen and oxygen atoms in total. The zero-order valence-electron chi connectivity index (χ0n) is 5.93. The first kappa shape index (κ1) is 6.62. The van der Waals surface area contributed by atoms with Crippen molar-refractivity contribution in [3.8, 4) is 0 Å². The number of hydrogen-bond acceptors (Lipinski definition) is 2. The van der Waals surface area contributed by atoms with Crippen molar-refractivity contribution in [1.82, 2.24) is 4.90 Å². The van der Waals surface area contributed by atoms with Crippen molar-refractivity contribution < 1.29 is 0 Å². The molecule has 1 rings (SSSR count). The largest absolute Gasteiger partial charge is 0.402 e. The molecule has 0 saturated carbocycles. The molecule has 1 saturated heterocycles. The molecule has 52 valence electrons. The van der Waals surface area contributed by atoms with Crippen LogP contribution in [0.2, 0.25) is 0 Å². The van der Waals surface area contributed by atoms with Crippen LogP contribution in [0.1, 0.15) is 6.42 Å². The molecule has 0 radical (unpaired) electrons. The van der Waals surface area contributed by atoms with Gasteiger partial charge in [0.2, 0.25) is 0 Å². The summed E-state index contributed by atoms with van der Waals surface area (Å²) < 4.78 is 0. The van der Waals surface area contributed by atoms with Crippen molar-refractivity contribution in [3.05, 3.63) is 12.3 Å². The minimum absolute atomic E-state index is 0.551. The normalized spacial score (nSPS) is 28.8. The molecule has 1 aliphatic heterocycles. The molecule has 1 heterocycles. The summed E-state index contributed by atoms with van der Waals surface area (Å²) in [5.74, 6) is 0.551. The molecule has 0 aromatic heterocycles. The quantitative estimate of drug-likeness (QED) is 0.551. The summed E-state index contributed by atoms with van der Waals surface area (Å²) in [5.41, 5.74) is 6.39. The predicted octanol–water partition coefficient (Wildman–Crippen LogP) is 0.410. The number of nitrogens with two attached hydrogens (primary N) is 1. The molecule has 1 atom stereocenters. The minimum Gasteiger partial charge on any atom is -0.402 e. The highest BCUT2D eigenvalue weighted by Gasteiger charge is 2.19. The van der Waals surface area contributed by atoms with Gasteiger partial charge in [0.1, 0.15) is 0 Å².